The second-order valence-corrected chi connectivity index (χ2v) is 7.65. The molecule has 0 saturated carbocycles. The number of halogens is 4. The van der Waals surface area contributed by atoms with Crippen LogP contribution in [0.25, 0.3) is 10.9 Å². The van der Waals surface area contributed by atoms with Gasteiger partial charge in [0, 0.05) is 25.0 Å². The van der Waals surface area contributed by atoms with Crippen molar-refractivity contribution < 1.29 is 22.8 Å². The normalized spacial score (nSPS) is 11.7. The summed E-state index contributed by atoms with van der Waals surface area (Å²) in [5.41, 5.74) is -0.545. The van der Waals surface area contributed by atoms with Crippen LogP contribution < -0.4 is 0 Å². The Morgan fingerprint density at radius 3 is 2.45 bits per heavy atom. The van der Waals surface area contributed by atoms with E-state index < -0.39 is 23.2 Å². The first-order valence-electron chi connectivity index (χ1n) is 8.70. The van der Waals surface area contributed by atoms with Gasteiger partial charge in [-0.25, -0.2) is 0 Å². The van der Waals surface area contributed by atoms with Crippen LogP contribution in [0.1, 0.15) is 38.8 Å². The van der Waals surface area contributed by atoms with E-state index in [1.165, 1.54) is 23.1 Å². The van der Waals surface area contributed by atoms with Crippen LogP contribution in [-0.4, -0.2) is 40.6 Å². The Morgan fingerprint density at radius 2 is 1.86 bits per heavy atom. The Kier molecular flexibility index (Phi) is 5.70. The molecule has 0 radical (unpaired) electrons. The minimum atomic E-state index is -4.68. The summed E-state index contributed by atoms with van der Waals surface area (Å²) >= 11 is 1.92. The summed E-state index contributed by atoms with van der Waals surface area (Å²) in [7, 11) is 3.18. The fourth-order valence-corrected chi connectivity index (χ4v) is 3.78. The standard InChI is InChI=1S/C20H17F3IN3O2/c1-4-11-6-5-7-14(20(21,22)23)16(11)19(29)27-15-10-12(18(28)26(2)3)8-9-13(15)17(24)25-27/h5-10H,4H2,1-3H3. The number of hydrogen-bond donors (Lipinski definition) is 0. The predicted octanol–water partition coefficient (Wildman–Crippen LogP) is 4.61. The van der Waals surface area contributed by atoms with Crippen LogP contribution >= 0.6 is 22.6 Å². The van der Waals surface area contributed by atoms with Gasteiger partial charge in [-0.3, -0.25) is 9.59 Å². The van der Waals surface area contributed by atoms with E-state index in [1.54, 1.807) is 33.2 Å². The Morgan fingerprint density at radius 1 is 1.17 bits per heavy atom. The Hall–Kier alpha value is -2.43. The van der Waals surface area contributed by atoms with Crippen molar-refractivity contribution in [2.45, 2.75) is 19.5 Å². The van der Waals surface area contributed by atoms with Crippen molar-refractivity contribution in [2.24, 2.45) is 0 Å². The zero-order valence-corrected chi connectivity index (χ0v) is 18.0. The van der Waals surface area contributed by atoms with E-state index in [1.807, 2.05) is 22.6 Å². The molecule has 0 aliphatic carbocycles. The molecule has 0 saturated heterocycles. The molecule has 0 bridgehead atoms. The molecule has 2 aromatic carbocycles. The lowest BCUT2D eigenvalue weighted by Crippen LogP contribution is -2.23. The SMILES string of the molecule is CCc1cccc(C(F)(F)F)c1C(=O)n1nc(I)c2ccc(C(=O)N(C)C)cc21. The van der Waals surface area contributed by atoms with E-state index >= 15 is 0 Å². The molecule has 0 fully saturated rings. The molecule has 3 aromatic rings. The van der Waals surface area contributed by atoms with Crippen LogP contribution in [0.2, 0.25) is 0 Å². The number of aromatic nitrogens is 2. The number of benzene rings is 2. The molecule has 152 valence electrons. The second kappa shape index (κ2) is 7.77. The lowest BCUT2D eigenvalue weighted by molar-refractivity contribution is -0.138. The number of hydrogen-bond acceptors (Lipinski definition) is 3. The highest BCUT2D eigenvalue weighted by Crippen LogP contribution is 2.34. The zero-order chi connectivity index (χ0) is 21.5. The maximum absolute atomic E-state index is 13.6. The average molecular weight is 515 g/mol. The predicted molar refractivity (Wildman–Crippen MR) is 111 cm³/mol. The lowest BCUT2D eigenvalue weighted by atomic mass is 9.98. The van der Waals surface area contributed by atoms with Gasteiger partial charge in [-0.15, -0.1) is 0 Å². The van der Waals surface area contributed by atoms with Crippen LogP contribution in [0.4, 0.5) is 13.2 Å². The molecule has 1 heterocycles. The van der Waals surface area contributed by atoms with Gasteiger partial charge in [-0.05, 0) is 58.8 Å². The van der Waals surface area contributed by atoms with Crippen LogP contribution in [0.3, 0.4) is 0 Å². The number of fused-ring (bicyclic) bond motifs is 1. The van der Waals surface area contributed by atoms with Gasteiger partial charge in [0.05, 0.1) is 16.6 Å². The summed E-state index contributed by atoms with van der Waals surface area (Å²) in [6, 6.07) is 8.40. The molecule has 1 aromatic heterocycles. The monoisotopic (exact) mass is 515 g/mol. The molecule has 0 atom stereocenters. The van der Waals surface area contributed by atoms with Crippen molar-refractivity contribution in [1.29, 1.82) is 0 Å². The van der Waals surface area contributed by atoms with Crippen molar-refractivity contribution in [3.63, 3.8) is 0 Å². The average Bonchev–Trinajstić information content (AvgIpc) is 3.01. The van der Waals surface area contributed by atoms with E-state index in [2.05, 4.69) is 5.10 Å². The van der Waals surface area contributed by atoms with Gasteiger partial charge in [0.15, 0.2) is 0 Å². The van der Waals surface area contributed by atoms with Crippen molar-refractivity contribution in [2.75, 3.05) is 14.1 Å². The third-order valence-electron chi connectivity index (χ3n) is 4.53. The first-order valence-corrected chi connectivity index (χ1v) is 9.77. The topological polar surface area (TPSA) is 55.2 Å². The van der Waals surface area contributed by atoms with Crippen molar-refractivity contribution in [3.8, 4) is 0 Å². The summed E-state index contributed by atoms with van der Waals surface area (Å²) in [4.78, 5) is 26.9. The summed E-state index contributed by atoms with van der Waals surface area (Å²) in [6.07, 6.45) is -4.43. The summed E-state index contributed by atoms with van der Waals surface area (Å²) in [6.45, 7) is 1.69. The van der Waals surface area contributed by atoms with Crippen LogP contribution in [0.5, 0.6) is 0 Å². The maximum atomic E-state index is 13.6. The molecule has 29 heavy (non-hydrogen) atoms. The highest BCUT2D eigenvalue weighted by atomic mass is 127. The molecule has 0 aliphatic heterocycles. The molecule has 9 heteroatoms. The van der Waals surface area contributed by atoms with Gasteiger partial charge in [-0.1, -0.05) is 19.1 Å². The van der Waals surface area contributed by atoms with Crippen LogP contribution in [0.15, 0.2) is 36.4 Å². The van der Waals surface area contributed by atoms with E-state index in [4.69, 9.17) is 0 Å². The van der Waals surface area contributed by atoms with E-state index in [-0.39, 0.29) is 23.4 Å². The number of rotatable bonds is 3. The fourth-order valence-electron chi connectivity index (χ4n) is 3.11. The van der Waals surface area contributed by atoms with Gasteiger partial charge in [0.25, 0.3) is 11.8 Å². The number of carbonyl (C=O) groups excluding carboxylic acids is 2. The summed E-state index contributed by atoms with van der Waals surface area (Å²) < 4.78 is 42.2. The number of aryl methyl sites for hydroxylation is 1. The fraction of sp³-hybridized carbons (Fsp3) is 0.250. The van der Waals surface area contributed by atoms with Crippen LogP contribution in [-0.2, 0) is 12.6 Å². The van der Waals surface area contributed by atoms with Gasteiger partial charge < -0.3 is 4.90 Å². The summed E-state index contributed by atoms with van der Waals surface area (Å²) in [5.74, 6) is -1.16. The Bertz CT molecular complexity index is 1120. The van der Waals surface area contributed by atoms with Gasteiger partial charge in [-0.2, -0.15) is 23.0 Å². The quantitative estimate of drug-likeness (QED) is 0.479. The molecular weight excluding hydrogens is 498 g/mol. The van der Waals surface area contributed by atoms with E-state index in [0.29, 0.717) is 14.7 Å². The van der Waals surface area contributed by atoms with Crippen LogP contribution in [0, 0.1) is 3.70 Å². The van der Waals surface area contributed by atoms with Crippen molar-refractivity contribution >= 4 is 45.3 Å². The molecule has 3 rings (SSSR count). The first kappa shape index (κ1) is 21.3. The van der Waals surface area contributed by atoms with Gasteiger partial charge >= 0.3 is 6.18 Å². The van der Waals surface area contributed by atoms with Gasteiger partial charge in [0.1, 0.15) is 3.70 Å². The van der Waals surface area contributed by atoms with E-state index in [0.717, 1.165) is 10.7 Å². The minimum Gasteiger partial charge on any atom is -0.345 e. The van der Waals surface area contributed by atoms with Gasteiger partial charge in [0.2, 0.25) is 0 Å². The lowest BCUT2D eigenvalue weighted by Gasteiger charge is -2.16. The molecule has 5 nitrogen and oxygen atoms in total. The second-order valence-electron chi connectivity index (χ2n) is 6.63. The van der Waals surface area contributed by atoms with E-state index in [9.17, 15) is 22.8 Å². The molecule has 0 aliphatic rings. The third-order valence-corrected chi connectivity index (χ3v) is 5.33. The molecular formula is C20H17F3IN3O2. The van der Waals surface area contributed by atoms with Crippen molar-refractivity contribution in [3.05, 3.63) is 62.4 Å². The zero-order valence-electron chi connectivity index (χ0n) is 15.8. The first-order chi connectivity index (χ1) is 13.6. The highest BCUT2D eigenvalue weighted by molar-refractivity contribution is 14.1. The molecule has 1 amide bonds. The third kappa shape index (κ3) is 3.87. The maximum Gasteiger partial charge on any atom is 0.417 e. The molecule has 0 spiro atoms. The molecule has 0 unspecified atom stereocenters. The number of carbonyl (C=O) groups is 2. The highest BCUT2D eigenvalue weighted by Gasteiger charge is 2.37. The minimum absolute atomic E-state index is 0.256. The number of alkyl halides is 3. The van der Waals surface area contributed by atoms with Crippen molar-refractivity contribution in [1.82, 2.24) is 14.7 Å². The Labute approximate surface area is 178 Å². The molecule has 0 N–H and O–H groups in total. The number of amides is 1. The smallest absolute Gasteiger partial charge is 0.345 e. The largest absolute Gasteiger partial charge is 0.417 e. The number of nitrogens with zero attached hydrogens (tertiary/aromatic N) is 3. The Balaban J connectivity index is 2.26. The summed E-state index contributed by atoms with van der Waals surface area (Å²) in [5, 5.41) is 4.75.